The number of carbonyl (C=O) groups excluding carboxylic acids is 2. The van der Waals surface area contributed by atoms with Crippen molar-refractivity contribution in [3.63, 3.8) is 0 Å². The quantitative estimate of drug-likeness (QED) is 0.477. The third-order valence-electron chi connectivity index (χ3n) is 5.29. The first-order valence-electron chi connectivity index (χ1n) is 10.7. The highest BCUT2D eigenvalue weighted by Crippen LogP contribution is 2.32. The highest BCUT2D eigenvalue weighted by molar-refractivity contribution is 6.36. The number of aromatic nitrogens is 2. The maximum absolute atomic E-state index is 12.5. The first-order valence-corrected chi connectivity index (χ1v) is 11.4. The summed E-state index contributed by atoms with van der Waals surface area (Å²) in [6.07, 6.45) is 2.05. The number of nitrogens with one attached hydrogen (secondary N) is 1. The molecule has 0 saturated carbocycles. The Hall–Kier alpha value is -2.87. The van der Waals surface area contributed by atoms with E-state index in [4.69, 9.17) is 32.7 Å². The normalized spacial score (nSPS) is 15.4. The van der Waals surface area contributed by atoms with Crippen LogP contribution < -0.4 is 5.32 Å². The number of hydrogen-bond acceptors (Lipinski definition) is 5. The molecule has 0 radical (unpaired) electrons. The zero-order valence-electron chi connectivity index (χ0n) is 18.0. The van der Waals surface area contributed by atoms with Gasteiger partial charge < -0.3 is 14.8 Å². The Morgan fingerprint density at radius 3 is 2.64 bits per heavy atom. The zero-order chi connectivity index (χ0) is 23.4. The van der Waals surface area contributed by atoms with Gasteiger partial charge in [-0.1, -0.05) is 23.2 Å². The van der Waals surface area contributed by atoms with Crippen LogP contribution in [-0.2, 0) is 9.47 Å². The van der Waals surface area contributed by atoms with Crippen LogP contribution in [0.1, 0.15) is 40.6 Å². The summed E-state index contributed by atoms with van der Waals surface area (Å²) < 4.78 is 12.2. The van der Waals surface area contributed by atoms with Crippen LogP contribution in [0.15, 0.2) is 48.5 Å². The number of amides is 1. The summed E-state index contributed by atoms with van der Waals surface area (Å²) in [6.45, 7) is 3.20. The molecule has 9 heteroatoms. The Morgan fingerprint density at radius 1 is 1.18 bits per heavy atom. The van der Waals surface area contributed by atoms with Crippen molar-refractivity contribution in [2.45, 2.75) is 25.9 Å². The fraction of sp³-hybridized carbons (Fsp3) is 0.292. The molecule has 2 aromatic carbocycles. The largest absolute Gasteiger partial charge is 0.461 e. The Labute approximate surface area is 201 Å². The molecule has 172 valence electrons. The number of ether oxygens (including phenoxy) is 2. The van der Waals surface area contributed by atoms with E-state index in [1.807, 2.05) is 0 Å². The summed E-state index contributed by atoms with van der Waals surface area (Å²) in [5, 5.41) is 8.26. The summed E-state index contributed by atoms with van der Waals surface area (Å²) in [6, 6.07) is 13.7. The predicted octanol–water partition coefficient (Wildman–Crippen LogP) is 4.93. The predicted molar refractivity (Wildman–Crippen MR) is 126 cm³/mol. The van der Waals surface area contributed by atoms with E-state index in [1.54, 1.807) is 60.1 Å². The third kappa shape index (κ3) is 5.38. The SMILES string of the molecule is CCOC(=O)c1cc(-c2ccc(Cl)cc2Cl)n(-c2ccc(C(=O)NCC3CCCO3)cc2)n1. The zero-order valence-corrected chi connectivity index (χ0v) is 19.5. The lowest BCUT2D eigenvalue weighted by atomic mass is 10.1. The molecule has 7 nitrogen and oxygen atoms in total. The van der Waals surface area contributed by atoms with Gasteiger partial charge in [0.25, 0.3) is 5.91 Å². The molecule has 0 spiro atoms. The molecule has 1 atom stereocenters. The summed E-state index contributed by atoms with van der Waals surface area (Å²) >= 11 is 12.5. The van der Waals surface area contributed by atoms with Crippen molar-refractivity contribution >= 4 is 35.1 Å². The highest BCUT2D eigenvalue weighted by Gasteiger charge is 2.20. The minimum Gasteiger partial charge on any atom is -0.461 e. The summed E-state index contributed by atoms with van der Waals surface area (Å²) in [7, 11) is 0. The van der Waals surface area contributed by atoms with Crippen LogP contribution in [0.2, 0.25) is 10.0 Å². The second-order valence-electron chi connectivity index (χ2n) is 7.56. The lowest BCUT2D eigenvalue weighted by Crippen LogP contribution is -2.31. The van der Waals surface area contributed by atoms with Crippen molar-refractivity contribution in [1.29, 1.82) is 0 Å². The number of hydrogen-bond donors (Lipinski definition) is 1. The van der Waals surface area contributed by atoms with Gasteiger partial charge in [0, 0.05) is 29.3 Å². The third-order valence-corrected chi connectivity index (χ3v) is 5.84. The molecular weight excluding hydrogens is 465 g/mol. The molecule has 1 saturated heterocycles. The lowest BCUT2D eigenvalue weighted by Gasteiger charge is -2.12. The van der Waals surface area contributed by atoms with Crippen molar-refractivity contribution < 1.29 is 19.1 Å². The smallest absolute Gasteiger partial charge is 0.358 e. The molecule has 4 rings (SSSR count). The van der Waals surface area contributed by atoms with Crippen molar-refractivity contribution in [3.8, 4) is 16.9 Å². The standard InChI is InChI=1S/C24H23Cl2N3O4/c1-2-32-24(31)21-13-22(19-10-7-16(25)12-20(19)26)29(28-21)17-8-5-15(6-9-17)23(30)27-14-18-4-3-11-33-18/h5-10,12-13,18H,2-4,11,14H2,1H3,(H,27,30). The van der Waals surface area contributed by atoms with Crippen LogP contribution in [0.5, 0.6) is 0 Å². The first kappa shape index (κ1) is 23.3. The second-order valence-corrected chi connectivity index (χ2v) is 8.41. The molecular formula is C24H23Cl2N3O4. The van der Waals surface area contributed by atoms with E-state index in [-0.39, 0.29) is 24.3 Å². The molecule has 1 amide bonds. The van der Waals surface area contributed by atoms with Crippen LogP contribution >= 0.6 is 23.2 Å². The second kappa shape index (κ2) is 10.4. The number of halogens is 2. The molecule has 0 bridgehead atoms. The minimum absolute atomic E-state index is 0.0743. The molecule has 33 heavy (non-hydrogen) atoms. The van der Waals surface area contributed by atoms with Gasteiger partial charge in [-0.25, -0.2) is 9.48 Å². The van der Waals surface area contributed by atoms with Gasteiger partial charge in [-0.3, -0.25) is 4.79 Å². The number of esters is 1. The Kier molecular flexibility index (Phi) is 7.33. The van der Waals surface area contributed by atoms with Crippen LogP contribution in [0.3, 0.4) is 0 Å². The van der Waals surface area contributed by atoms with E-state index < -0.39 is 5.97 Å². The van der Waals surface area contributed by atoms with E-state index in [9.17, 15) is 9.59 Å². The Balaban J connectivity index is 1.62. The average molecular weight is 488 g/mol. The first-order chi connectivity index (χ1) is 16.0. The van der Waals surface area contributed by atoms with E-state index in [1.165, 1.54) is 0 Å². The lowest BCUT2D eigenvalue weighted by molar-refractivity contribution is 0.0519. The number of rotatable bonds is 7. The summed E-state index contributed by atoms with van der Waals surface area (Å²) in [5.74, 6) is -0.710. The van der Waals surface area contributed by atoms with Gasteiger partial charge in [0.15, 0.2) is 5.69 Å². The van der Waals surface area contributed by atoms with Crippen LogP contribution in [-0.4, -0.2) is 47.5 Å². The van der Waals surface area contributed by atoms with Gasteiger partial charge in [-0.15, -0.1) is 0 Å². The minimum atomic E-state index is -0.535. The van der Waals surface area contributed by atoms with Crippen LogP contribution in [0.25, 0.3) is 16.9 Å². The average Bonchev–Trinajstić information content (AvgIpc) is 3.48. The number of nitrogens with zero attached hydrogens (tertiary/aromatic N) is 2. The molecule has 1 aliphatic heterocycles. The van der Waals surface area contributed by atoms with Crippen LogP contribution in [0.4, 0.5) is 0 Å². The maximum Gasteiger partial charge on any atom is 0.358 e. The van der Waals surface area contributed by atoms with Crippen molar-refractivity contribution in [2.75, 3.05) is 19.8 Å². The van der Waals surface area contributed by atoms with Crippen molar-refractivity contribution in [2.24, 2.45) is 0 Å². The van der Waals surface area contributed by atoms with Gasteiger partial charge in [-0.05, 0) is 68.3 Å². The van der Waals surface area contributed by atoms with Gasteiger partial charge >= 0.3 is 5.97 Å². The van der Waals surface area contributed by atoms with E-state index >= 15 is 0 Å². The fourth-order valence-corrected chi connectivity index (χ4v) is 4.15. The molecule has 1 unspecified atom stereocenters. The molecule has 3 aromatic rings. The Bertz CT molecular complexity index is 1160. The van der Waals surface area contributed by atoms with Gasteiger partial charge in [-0.2, -0.15) is 5.10 Å². The molecule has 1 fully saturated rings. The maximum atomic E-state index is 12.5. The molecule has 1 N–H and O–H groups in total. The van der Waals surface area contributed by atoms with Gasteiger partial charge in [0.05, 0.1) is 29.1 Å². The van der Waals surface area contributed by atoms with E-state index in [0.29, 0.717) is 39.1 Å². The highest BCUT2D eigenvalue weighted by atomic mass is 35.5. The summed E-state index contributed by atoms with van der Waals surface area (Å²) in [4.78, 5) is 24.8. The van der Waals surface area contributed by atoms with Crippen molar-refractivity contribution in [3.05, 3.63) is 69.8 Å². The van der Waals surface area contributed by atoms with Gasteiger partial charge in [0.2, 0.25) is 0 Å². The Morgan fingerprint density at radius 2 is 1.97 bits per heavy atom. The molecule has 2 heterocycles. The number of benzene rings is 2. The fourth-order valence-electron chi connectivity index (χ4n) is 3.64. The molecule has 1 aliphatic rings. The monoisotopic (exact) mass is 487 g/mol. The topological polar surface area (TPSA) is 82.5 Å². The van der Waals surface area contributed by atoms with E-state index in [2.05, 4.69) is 10.4 Å². The molecule has 0 aliphatic carbocycles. The number of carbonyl (C=O) groups is 2. The van der Waals surface area contributed by atoms with Crippen LogP contribution in [0, 0.1) is 0 Å². The van der Waals surface area contributed by atoms with Gasteiger partial charge in [0.1, 0.15) is 0 Å². The summed E-state index contributed by atoms with van der Waals surface area (Å²) in [5.41, 5.74) is 2.57. The van der Waals surface area contributed by atoms with Crippen molar-refractivity contribution in [1.82, 2.24) is 15.1 Å². The molecule has 1 aromatic heterocycles. The van der Waals surface area contributed by atoms with E-state index in [0.717, 1.165) is 19.4 Å².